The Morgan fingerprint density at radius 1 is 1.50 bits per heavy atom. The maximum atomic E-state index is 8.69. The molecule has 1 heterocycles. The van der Waals surface area contributed by atoms with Crippen LogP contribution in [-0.4, -0.2) is 23.1 Å². The highest BCUT2D eigenvalue weighted by atomic mass is 16.5. The predicted molar refractivity (Wildman–Crippen MR) is 52.1 cm³/mol. The molecule has 0 aliphatic rings. The van der Waals surface area contributed by atoms with Gasteiger partial charge in [0.25, 0.3) is 0 Å². The smallest absolute Gasteiger partial charge is 0.227 e. The third-order valence-electron chi connectivity index (χ3n) is 1.44. The van der Waals surface area contributed by atoms with Crippen molar-refractivity contribution in [2.45, 2.75) is 19.9 Å². The molecule has 14 heavy (non-hydrogen) atoms. The van der Waals surface area contributed by atoms with Gasteiger partial charge in [0.2, 0.25) is 11.8 Å². The maximum absolute atomic E-state index is 8.69. The summed E-state index contributed by atoms with van der Waals surface area (Å²) in [5, 5.41) is 11.7. The number of hydrogen-bond acceptors (Lipinski definition) is 5. The van der Waals surface area contributed by atoms with Crippen molar-refractivity contribution in [3.8, 4) is 11.9 Å². The lowest BCUT2D eigenvalue weighted by atomic mass is 10.4. The van der Waals surface area contributed by atoms with E-state index in [1.807, 2.05) is 19.9 Å². The second-order valence-electron chi connectivity index (χ2n) is 3.03. The molecule has 5 heteroatoms. The summed E-state index contributed by atoms with van der Waals surface area (Å²) in [7, 11) is 1.50. The second kappa shape index (κ2) is 4.42. The fraction of sp³-hybridized carbons (Fsp3) is 0.444. The first-order chi connectivity index (χ1) is 6.65. The number of aromatic nitrogens is 2. The molecule has 0 saturated heterocycles. The average molecular weight is 192 g/mol. The van der Waals surface area contributed by atoms with Gasteiger partial charge in [-0.3, -0.25) is 0 Å². The number of rotatable bonds is 3. The van der Waals surface area contributed by atoms with E-state index in [9.17, 15) is 0 Å². The van der Waals surface area contributed by atoms with Gasteiger partial charge in [0.1, 0.15) is 11.8 Å². The van der Waals surface area contributed by atoms with E-state index >= 15 is 0 Å². The molecule has 1 N–H and O–H groups in total. The van der Waals surface area contributed by atoms with Crippen LogP contribution in [0.3, 0.4) is 0 Å². The normalized spacial score (nSPS) is 9.64. The summed E-state index contributed by atoms with van der Waals surface area (Å²) in [5.74, 6) is 0.801. The molecular weight excluding hydrogens is 180 g/mol. The second-order valence-corrected chi connectivity index (χ2v) is 3.03. The van der Waals surface area contributed by atoms with Crippen molar-refractivity contribution in [2.75, 3.05) is 12.4 Å². The molecule has 0 fully saturated rings. The number of nitriles is 1. The highest BCUT2D eigenvalue weighted by molar-refractivity contribution is 5.36. The summed E-state index contributed by atoms with van der Waals surface area (Å²) in [6.45, 7) is 3.93. The van der Waals surface area contributed by atoms with Gasteiger partial charge in [-0.2, -0.15) is 10.2 Å². The van der Waals surface area contributed by atoms with Crippen molar-refractivity contribution >= 4 is 5.95 Å². The molecule has 0 saturated carbocycles. The van der Waals surface area contributed by atoms with Crippen molar-refractivity contribution in [2.24, 2.45) is 0 Å². The van der Waals surface area contributed by atoms with Crippen LogP contribution >= 0.6 is 0 Å². The monoisotopic (exact) mass is 192 g/mol. The molecule has 1 aromatic heterocycles. The number of nitrogens with one attached hydrogen (secondary N) is 1. The van der Waals surface area contributed by atoms with E-state index in [4.69, 9.17) is 10.00 Å². The fourth-order valence-electron chi connectivity index (χ4n) is 0.910. The average Bonchev–Trinajstić information content (AvgIpc) is 2.16. The molecule has 1 aromatic rings. The van der Waals surface area contributed by atoms with E-state index in [0.29, 0.717) is 17.5 Å². The summed E-state index contributed by atoms with van der Waals surface area (Å²) in [4.78, 5) is 8.02. The summed E-state index contributed by atoms with van der Waals surface area (Å²) in [6.07, 6.45) is 0. The van der Waals surface area contributed by atoms with Gasteiger partial charge in [0, 0.05) is 12.1 Å². The number of nitrogens with zero attached hydrogens (tertiary/aromatic N) is 3. The zero-order valence-corrected chi connectivity index (χ0v) is 8.40. The molecule has 74 valence electrons. The van der Waals surface area contributed by atoms with Crippen LogP contribution < -0.4 is 10.1 Å². The Labute approximate surface area is 82.8 Å². The van der Waals surface area contributed by atoms with Crippen molar-refractivity contribution in [1.82, 2.24) is 9.97 Å². The topological polar surface area (TPSA) is 70.8 Å². The van der Waals surface area contributed by atoms with Crippen LogP contribution in [0.2, 0.25) is 0 Å². The van der Waals surface area contributed by atoms with Crippen LogP contribution in [0.4, 0.5) is 5.95 Å². The largest absolute Gasteiger partial charge is 0.481 e. The first-order valence-electron chi connectivity index (χ1n) is 4.25. The van der Waals surface area contributed by atoms with Crippen molar-refractivity contribution in [3.05, 3.63) is 11.8 Å². The van der Waals surface area contributed by atoms with E-state index < -0.39 is 0 Å². The minimum absolute atomic E-state index is 0.216. The van der Waals surface area contributed by atoms with E-state index in [1.54, 1.807) is 0 Å². The van der Waals surface area contributed by atoms with Gasteiger partial charge >= 0.3 is 0 Å². The maximum Gasteiger partial charge on any atom is 0.227 e. The molecule has 0 radical (unpaired) electrons. The van der Waals surface area contributed by atoms with E-state index in [2.05, 4.69) is 15.3 Å². The van der Waals surface area contributed by atoms with E-state index in [0.717, 1.165) is 0 Å². The molecular formula is C9H12N4O. The quantitative estimate of drug-likeness (QED) is 0.778. The summed E-state index contributed by atoms with van der Waals surface area (Å²) in [6, 6.07) is 3.65. The highest BCUT2D eigenvalue weighted by Gasteiger charge is 2.04. The molecule has 0 bridgehead atoms. The number of methoxy groups -OCH3 is 1. The Balaban J connectivity index is 3.00. The highest BCUT2D eigenvalue weighted by Crippen LogP contribution is 2.11. The van der Waals surface area contributed by atoms with Crippen LogP contribution in [-0.2, 0) is 0 Å². The third-order valence-corrected chi connectivity index (χ3v) is 1.44. The van der Waals surface area contributed by atoms with Gasteiger partial charge in [-0.1, -0.05) is 0 Å². The SMILES string of the molecule is COc1cc(C#N)nc(NC(C)C)n1. The van der Waals surface area contributed by atoms with Crippen LogP contribution in [0.15, 0.2) is 6.07 Å². The standard InChI is InChI=1S/C9H12N4O/c1-6(2)11-9-12-7(5-10)4-8(13-9)14-3/h4,6H,1-3H3,(H,11,12,13). The van der Waals surface area contributed by atoms with Crippen LogP contribution in [0.25, 0.3) is 0 Å². The molecule has 5 nitrogen and oxygen atoms in total. The molecule has 1 rings (SSSR count). The first kappa shape index (κ1) is 10.3. The van der Waals surface area contributed by atoms with Gasteiger partial charge < -0.3 is 10.1 Å². The molecule has 0 spiro atoms. The molecule has 0 aliphatic heterocycles. The van der Waals surface area contributed by atoms with E-state index in [1.165, 1.54) is 13.2 Å². The predicted octanol–water partition coefficient (Wildman–Crippen LogP) is 1.18. The summed E-state index contributed by atoms with van der Waals surface area (Å²) >= 11 is 0. The molecule has 0 aromatic carbocycles. The van der Waals surface area contributed by atoms with E-state index in [-0.39, 0.29) is 6.04 Å². The molecule has 0 amide bonds. The first-order valence-corrected chi connectivity index (χ1v) is 4.25. The number of hydrogen-bond donors (Lipinski definition) is 1. The Bertz CT molecular complexity index is 356. The van der Waals surface area contributed by atoms with Gasteiger partial charge in [-0.15, -0.1) is 0 Å². The van der Waals surface area contributed by atoms with Gasteiger partial charge in [0.05, 0.1) is 7.11 Å². The zero-order chi connectivity index (χ0) is 10.6. The summed E-state index contributed by atoms with van der Waals surface area (Å²) in [5.41, 5.74) is 0.292. The minimum Gasteiger partial charge on any atom is -0.481 e. The lowest BCUT2D eigenvalue weighted by Crippen LogP contribution is -2.13. The Hall–Kier alpha value is -1.83. The van der Waals surface area contributed by atoms with Gasteiger partial charge in [-0.05, 0) is 13.8 Å². The number of ether oxygens (including phenoxy) is 1. The van der Waals surface area contributed by atoms with Crippen molar-refractivity contribution in [1.29, 1.82) is 5.26 Å². The van der Waals surface area contributed by atoms with Crippen molar-refractivity contribution < 1.29 is 4.74 Å². The van der Waals surface area contributed by atoms with Crippen molar-refractivity contribution in [3.63, 3.8) is 0 Å². The molecule has 0 atom stereocenters. The molecule has 0 aliphatic carbocycles. The minimum atomic E-state index is 0.216. The lowest BCUT2D eigenvalue weighted by Gasteiger charge is -2.08. The Morgan fingerprint density at radius 3 is 2.71 bits per heavy atom. The van der Waals surface area contributed by atoms with Crippen LogP contribution in [0, 0.1) is 11.3 Å². The number of anilines is 1. The van der Waals surface area contributed by atoms with Gasteiger partial charge in [-0.25, -0.2) is 4.98 Å². The molecule has 0 unspecified atom stereocenters. The summed E-state index contributed by atoms with van der Waals surface area (Å²) < 4.78 is 4.94. The Morgan fingerprint density at radius 2 is 2.21 bits per heavy atom. The Kier molecular flexibility index (Phi) is 3.24. The third kappa shape index (κ3) is 2.59. The van der Waals surface area contributed by atoms with Crippen LogP contribution in [0.1, 0.15) is 19.5 Å². The van der Waals surface area contributed by atoms with Crippen LogP contribution in [0.5, 0.6) is 5.88 Å². The lowest BCUT2D eigenvalue weighted by molar-refractivity contribution is 0.397. The van der Waals surface area contributed by atoms with Gasteiger partial charge in [0.15, 0.2) is 0 Å². The fourth-order valence-corrected chi connectivity index (χ4v) is 0.910. The zero-order valence-electron chi connectivity index (χ0n) is 8.40.